The smallest absolute Gasteiger partial charge is 0.241 e. The van der Waals surface area contributed by atoms with Gasteiger partial charge in [0.1, 0.15) is 0 Å². The largest absolute Gasteiger partial charge is 0.349 e. The van der Waals surface area contributed by atoms with Gasteiger partial charge in [0.25, 0.3) is 0 Å². The Morgan fingerprint density at radius 2 is 1.85 bits per heavy atom. The van der Waals surface area contributed by atoms with Crippen LogP contribution in [-0.2, 0) is 27.8 Å². The molecule has 0 aliphatic heterocycles. The summed E-state index contributed by atoms with van der Waals surface area (Å²) in [4.78, 5) is 18.0. The summed E-state index contributed by atoms with van der Waals surface area (Å²) in [6.07, 6.45) is 2.82. The summed E-state index contributed by atoms with van der Waals surface area (Å²) in [5, 5.41) is 7.62. The van der Waals surface area contributed by atoms with Crippen molar-refractivity contribution in [2.75, 3.05) is 0 Å². The van der Waals surface area contributed by atoms with E-state index in [1.54, 1.807) is 18.2 Å². The van der Waals surface area contributed by atoms with Crippen molar-refractivity contribution in [3.63, 3.8) is 0 Å². The van der Waals surface area contributed by atoms with Crippen LogP contribution in [0.15, 0.2) is 71.6 Å². The monoisotopic (exact) mass is 590 g/mol. The second kappa shape index (κ2) is 12.0. The first kappa shape index (κ1) is 29.4. The molecule has 0 bridgehead atoms. The number of sulfonamides is 1. The second-order valence-electron chi connectivity index (χ2n) is 11.8. The van der Waals surface area contributed by atoms with E-state index in [1.807, 2.05) is 37.3 Å². The molecule has 0 saturated carbocycles. The molecule has 1 heterocycles. The Morgan fingerprint density at radius 1 is 1.07 bits per heavy atom. The fourth-order valence-corrected chi connectivity index (χ4v) is 7.34. The highest BCUT2D eigenvalue weighted by Gasteiger charge is 2.27. The van der Waals surface area contributed by atoms with Gasteiger partial charge in [0.05, 0.1) is 32.2 Å². The Hall–Kier alpha value is -3.11. The topological polar surface area (TPSA) is 100 Å². The Balaban J connectivity index is 1.32. The van der Waals surface area contributed by atoms with Gasteiger partial charge in [-0.3, -0.25) is 4.79 Å². The summed E-state index contributed by atoms with van der Waals surface area (Å²) in [5.41, 5.74) is 5.07. The van der Waals surface area contributed by atoms with Crippen LogP contribution in [0.1, 0.15) is 79.4 Å². The molecule has 7 nitrogen and oxygen atoms in total. The fourth-order valence-electron chi connectivity index (χ4n) is 5.29. The van der Waals surface area contributed by atoms with E-state index < -0.39 is 16.1 Å². The van der Waals surface area contributed by atoms with Crippen LogP contribution in [0, 0.1) is 6.92 Å². The van der Waals surface area contributed by atoms with Gasteiger partial charge in [0.15, 0.2) is 0 Å². The first-order valence-electron chi connectivity index (χ1n) is 14.1. The summed E-state index contributed by atoms with van der Waals surface area (Å²) < 4.78 is 30.7. The maximum absolute atomic E-state index is 13.5. The van der Waals surface area contributed by atoms with E-state index in [1.165, 1.54) is 22.5 Å². The van der Waals surface area contributed by atoms with Gasteiger partial charge in [-0.05, 0) is 87.4 Å². The van der Waals surface area contributed by atoms with Crippen molar-refractivity contribution < 1.29 is 13.2 Å². The molecule has 1 aliphatic rings. The predicted molar refractivity (Wildman–Crippen MR) is 165 cm³/mol. The van der Waals surface area contributed by atoms with Gasteiger partial charge >= 0.3 is 0 Å². The summed E-state index contributed by atoms with van der Waals surface area (Å²) >= 11 is 1.52. The Kier molecular flexibility index (Phi) is 8.61. The van der Waals surface area contributed by atoms with Gasteiger partial charge in [-0.1, -0.05) is 48.5 Å². The molecule has 0 saturated heterocycles. The molecular formula is C32H38N4O3S2. The number of hydrogen-bond acceptors (Lipinski definition) is 6. The van der Waals surface area contributed by atoms with Gasteiger partial charge in [-0.25, -0.2) is 18.1 Å². The van der Waals surface area contributed by atoms with E-state index in [4.69, 9.17) is 0 Å². The van der Waals surface area contributed by atoms with Crippen molar-refractivity contribution in [2.45, 2.75) is 82.4 Å². The van der Waals surface area contributed by atoms with Crippen LogP contribution in [0.25, 0.3) is 10.2 Å². The van der Waals surface area contributed by atoms with Gasteiger partial charge in [0.2, 0.25) is 15.9 Å². The van der Waals surface area contributed by atoms with Crippen molar-refractivity contribution in [3.8, 4) is 0 Å². The number of aromatic nitrogens is 1. The molecule has 1 aliphatic carbocycles. The van der Waals surface area contributed by atoms with E-state index in [-0.39, 0.29) is 28.8 Å². The van der Waals surface area contributed by atoms with Crippen molar-refractivity contribution in [1.29, 1.82) is 0 Å². The van der Waals surface area contributed by atoms with E-state index in [0.29, 0.717) is 5.52 Å². The summed E-state index contributed by atoms with van der Waals surface area (Å²) in [5.74, 6) is -0.191. The number of nitrogens with zero attached hydrogens (tertiary/aromatic N) is 1. The molecule has 3 N–H and O–H groups in total. The molecule has 0 spiro atoms. The van der Waals surface area contributed by atoms with E-state index in [0.717, 1.165) is 46.6 Å². The van der Waals surface area contributed by atoms with Crippen LogP contribution < -0.4 is 15.4 Å². The van der Waals surface area contributed by atoms with E-state index in [2.05, 4.69) is 59.3 Å². The molecule has 0 fully saturated rings. The van der Waals surface area contributed by atoms with E-state index >= 15 is 0 Å². The van der Waals surface area contributed by atoms with Crippen LogP contribution in [0.3, 0.4) is 0 Å². The SMILES string of the molecule is Cc1nc2cc(S(=O)(=O)N[C@H](CC(=O)N[C@@H]3CCCc4cc(CNC(C)(C)C)ccc43)c3ccccc3)ccc2s1. The Bertz CT molecular complexity index is 1640. The highest BCUT2D eigenvalue weighted by Crippen LogP contribution is 2.31. The first-order chi connectivity index (χ1) is 19.5. The highest BCUT2D eigenvalue weighted by atomic mass is 32.2. The van der Waals surface area contributed by atoms with Crippen molar-refractivity contribution >= 4 is 37.5 Å². The molecule has 4 aromatic rings. The lowest BCUT2D eigenvalue weighted by molar-refractivity contribution is -0.122. The number of benzene rings is 3. The van der Waals surface area contributed by atoms with Gasteiger partial charge in [-0.15, -0.1) is 11.3 Å². The molecule has 3 aromatic carbocycles. The average Bonchev–Trinajstić information content (AvgIpc) is 3.31. The third kappa shape index (κ3) is 7.40. The standard InChI is InChI=1S/C32H38N4O3S2/c1-21-34-29-18-25(14-16-30(29)40-21)41(38,39)36-28(23-9-6-5-7-10-23)19-31(37)35-27-12-8-11-24-17-22(13-15-26(24)27)20-33-32(2,3)4/h5-7,9-10,13-18,27-28,33,36H,8,11-12,19-20H2,1-4H3,(H,35,37)/t27-,28-/m1/s1. The Labute approximate surface area is 246 Å². The fraction of sp³-hybridized carbons (Fsp3) is 0.375. The molecule has 0 radical (unpaired) electrons. The second-order valence-corrected chi connectivity index (χ2v) is 14.7. The first-order valence-corrected chi connectivity index (χ1v) is 16.4. The lowest BCUT2D eigenvalue weighted by Gasteiger charge is -2.28. The molecule has 5 rings (SSSR count). The molecule has 41 heavy (non-hydrogen) atoms. The van der Waals surface area contributed by atoms with Crippen LogP contribution >= 0.6 is 11.3 Å². The maximum atomic E-state index is 13.5. The van der Waals surface area contributed by atoms with Crippen molar-refractivity contribution in [1.82, 2.24) is 20.3 Å². The lowest BCUT2D eigenvalue weighted by Crippen LogP contribution is -2.36. The van der Waals surface area contributed by atoms with Crippen LogP contribution in [0.4, 0.5) is 0 Å². The third-order valence-electron chi connectivity index (χ3n) is 7.34. The number of rotatable bonds is 9. The van der Waals surface area contributed by atoms with Crippen LogP contribution in [0.5, 0.6) is 0 Å². The molecule has 0 unspecified atom stereocenters. The normalized spacial score (nSPS) is 16.3. The van der Waals surface area contributed by atoms with Gasteiger partial charge in [0, 0.05) is 18.5 Å². The number of hydrogen-bond donors (Lipinski definition) is 3. The lowest BCUT2D eigenvalue weighted by atomic mass is 9.86. The number of amides is 1. The number of nitrogens with one attached hydrogen (secondary N) is 3. The molecular weight excluding hydrogens is 553 g/mol. The zero-order valence-corrected chi connectivity index (χ0v) is 25.7. The minimum atomic E-state index is -3.91. The number of fused-ring (bicyclic) bond motifs is 2. The summed E-state index contributed by atoms with van der Waals surface area (Å²) in [6, 6.07) is 19.9. The predicted octanol–water partition coefficient (Wildman–Crippen LogP) is 6.10. The maximum Gasteiger partial charge on any atom is 0.241 e. The molecule has 1 aromatic heterocycles. The van der Waals surface area contributed by atoms with Gasteiger partial charge < -0.3 is 10.6 Å². The zero-order valence-electron chi connectivity index (χ0n) is 24.0. The highest BCUT2D eigenvalue weighted by molar-refractivity contribution is 7.89. The molecule has 1 amide bonds. The molecule has 9 heteroatoms. The number of carbonyl (C=O) groups is 1. The summed E-state index contributed by atoms with van der Waals surface area (Å²) in [6.45, 7) is 9.15. The third-order valence-corrected chi connectivity index (χ3v) is 9.77. The van der Waals surface area contributed by atoms with Crippen LogP contribution in [0.2, 0.25) is 0 Å². The number of aryl methyl sites for hydroxylation is 2. The Morgan fingerprint density at radius 3 is 2.61 bits per heavy atom. The zero-order chi connectivity index (χ0) is 29.2. The minimum Gasteiger partial charge on any atom is -0.349 e. The average molecular weight is 591 g/mol. The molecule has 216 valence electrons. The van der Waals surface area contributed by atoms with Crippen molar-refractivity contribution in [3.05, 3.63) is 94.0 Å². The quantitative estimate of drug-likeness (QED) is 0.219. The molecule has 2 atom stereocenters. The van der Waals surface area contributed by atoms with E-state index in [9.17, 15) is 13.2 Å². The number of carbonyl (C=O) groups excluding carboxylic acids is 1. The van der Waals surface area contributed by atoms with Gasteiger partial charge in [-0.2, -0.15) is 0 Å². The minimum absolute atomic E-state index is 0.0132. The summed E-state index contributed by atoms with van der Waals surface area (Å²) in [7, 11) is -3.91. The number of thiazole rings is 1. The van der Waals surface area contributed by atoms with Crippen molar-refractivity contribution in [2.24, 2.45) is 0 Å². The van der Waals surface area contributed by atoms with Crippen LogP contribution in [-0.4, -0.2) is 24.8 Å².